The van der Waals surface area contributed by atoms with Crippen molar-refractivity contribution in [3.8, 4) is 0 Å². The summed E-state index contributed by atoms with van der Waals surface area (Å²) in [6.07, 6.45) is -107. The summed E-state index contributed by atoms with van der Waals surface area (Å²) >= 11 is 0. The Kier molecular flexibility index (Phi) is 40.1. The molecule has 11 heterocycles. The normalized spacial score (nSPS) is 49.2. The maximum absolute atomic E-state index is 13.5. The van der Waals surface area contributed by atoms with Gasteiger partial charge in [0.1, 0.15) is 262 Å². The van der Waals surface area contributed by atoms with Gasteiger partial charge in [-0.2, -0.15) is 0 Å². The van der Waals surface area contributed by atoms with Gasteiger partial charge >= 0.3 is 0 Å². The molecule has 11 aliphatic rings. The Labute approximate surface area is 770 Å². The highest BCUT2D eigenvalue weighted by atomic mass is 16.8. The molecule has 0 aromatic heterocycles. The Morgan fingerprint density at radius 2 is 0.449 bits per heavy atom. The number of rotatable bonds is 35. The van der Waals surface area contributed by atoms with E-state index >= 15 is 0 Å². The third-order valence-corrected chi connectivity index (χ3v) is 25.0. The fraction of sp³-hybridized carbons (Fsp3) is 0.934. The fourth-order valence-corrected chi connectivity index (χ4v) is 17.8. The highest BCUT2D eigenvalue weighted by Gasteiger charge is 2.63. The van der Waals surface area contributed by atoms with Crippen LogP contribution in [0.1, 0.15) is 41.5 Å². The summed E-state index contributed by atoms with van der Waals surface area (Å²) in [5.41, 5.74) is 0. The van der Waals surface area contributed by atoms with Crippen molar-refractivity contribution in [1.82, 2.24) is 26.6 Å². The standard InChI is InChI=1S/C76H127N5O55/c1-17-38(96)49(107)53(111)71(117-17)136-64-52(110)42(100)26(10-85)122-75(64)132-60-30(14-89)125-70(37(48(60)106)81-22(6)95)135-65-55(113)61(129-67-34(78-19(3)92)44(102)39(97)23(7-82)119-67)31(15-90)126-76(65)133-62-43(101)32(127-73(56(62)114)131-59-29(13-88)123-68(35(46(59)104)79-20(4)93)128-57-27(11-86)118-66(115)33(45(57)103)77-18(2)91)16-116-74-63(51(109)41(99)25(9-84)121-74)134-69-36(80-21(5)94)47(105)58(28(12-87)124-69)130-72-54(112)50(108)40(98)24(8-83)120-72/h17,23-76,82-90,96-115H,7-16H2,1-6H3,(H,77,91)(H,78,92)(H,79,93)(H,80,94)(H,81,95)/t17-,23+,24+,25+,26+,27+,28+,29+,30+,31+,32+,33+,34+,35+,36+,37+,38+,39+,40-,41+,42-,43+,44+,45+,46+,47+,48+,49+,50-,51-,52-,53-,54+,55-,56-,57+,58+,59+,60+,61+,62-,63-,64+,65-,66+,67-,68-,69-,70-,71-,72-,73-,74-,75-,76+/m0/s1. The first-order valence-electron chi connectivity index (χ1n) is 43.5. The predicted octanol–water partition coefficient (Wildman–Crippen LogP) is -23.2. The first-order chi connectivity index (χ1) is 64.3. The minimum absolute atomic E-state index is 0.825. The first-order valence-corrected chi connectivity index (χ1v) is 43.5. The van der Waals surface area contributed by atoms with E-state index in [1.54, 1.807) is 0 Å². The van der Waals surface area contributed by atoms with Crippen LogP contribution in [-0.4, -0.2) is 581 Å². The summed E-state index contributed by atoms with van der Waals surface area (Å²) in [7, 11) is 0. The lowest BCUT2D eigenvalue weighted by Crippen LogP contribution is -2.71. The van der Waals surface area contributed by atoms with E-state index < -0.39 is 433 Å². The lowest BCUT2D eigenvalue weighted by atomic mass is 9.93. The number of hydrogen-bond acceptors (Lipinski definition) is 55. The van der Waals surface area contributed by atoms with Crippen LogP contribution in [0.15, 0.2) is 0 Å². The van der Waals surface area contributed by atoms with Crippen molar-refractivity contribution in [2.24, 2.45) is 0 Å². The van der Waals surface area contributed by atoms with Crippen molar-refractivity contribution in [2.75, 3.05) is 66.1 Å². The summed E-state index contributed by atoms with van der Waals surface area (Å²) in [6.45, 7) is -5.96. The van der Waals surface area contributed by atoms with E-state index in [2.05, 4.69) is 26.6 Å². The largest absolute Gasteiger partial charge is 0.394 e. The van der Waals surface area contributed by atoms with Crippen LogP contribution >= 0.6 is 0 Å². The molecule has 0 spiro atoms. The van der Waals surface area contributed by atoms with Crippen molar-refractivity contribution < 1.29 is 272 Å². The smallest absolute Gasteiger partial charge is 0.217 e. The van der Waals surface area contributed by atoms with Gasteiger partial charge in [0, 0.05) is 34.6 Å². The molecule has 11 aliphatic heterocycles. The van der Waals surface area contributed by atoms with Crippen molar-refractivity contribution in [2.45, 2.75) is 379 Å². The minimum Gasteiger partial charge on any atom is -0.394 e. The van der Waals surface area contributed by atoms with Crippen LogP contribution in [0.3, 0.4) is 0 Å². The highest BCUT2D eigenvalue weighted by molar-refractivity contribution is 5.75. The van der Waals surface area contributed by atoms with Crippen LogP contribution in [0.5, 0.6) is 0 Å². The molecular formula is C76H127N5O55. The number of nitrogens with one attached hydrogen (secondary N) is 5. The second kappa shape index (κ2) is 48.8. The van der Waals surface area contributed by atoms with Crippen LogP contribution in [-0.2, 0) is 123 Å². The quantitative estimate of drug-likeness (QED) is 0.0280. The molecule has 34 N–H and O–H groups in total. The van der Waals surface area contributed by atoms with Gasteiger partial charge in [0.05, 0.1) is 72.2 Å². The lowest BCUT2D eigenvalue weighted by molar-refractivity contribution is -0.407. The topological polar surface area (TPSA) is 926 Å². The van der Waals surface area contributed by atoms with Crippen LogP contribution in [0.4, 0.5) is 0 Å². The Hall–Kier alpha value is -4.65. The maximum atomic E-state index is 13.5. The Morgan fingerprint density at radius 1 is 0.206 bits per heavy atom. The molecule has 0 bridgehead atoms. The predicted molar refractivity (Wildman–Crippen MR) is 419 cm³/mol. The number of carbonyl (C=O) groups excluding carboxylic acids is 5. The van der Waals surface area contributed by atoms with Gasteiger partial charge in [-0.3, -0.25) is 24.0 Å². The van der Waals surface area contributed by atoms with Gasteiger partial charge in [0.2, 0.25) is 29.5 Å². The number of hydrogen-bond donors (Lipinski definition) is 34. The third-order valence-electron chi connectivity index (χ3n) is 25.0. The zero-order valence-electron chi connectivity index (χ0n) is 73.4. The Bertz CT molecular complexity index is 3760. The van der Waals surface area contributed by atoms with E-state index in [0.717, 1.165) is 34.6 Å². The second-order valence-electron chi connectivity index (χ2n) is 34.5. The molecule has 60 nitrogen and oxygen atoms in total. The van der Waals surface area contributed by atoms with Crippen molar-refractivity contribution in [3.63, 3.8) is 0 Å². The number of carbonyl (C=O) groups is 5. The number of ether oxygens (including phenoxy) is 21. The van der Waals surface area contributed by atoms with Gasteiger partial charge in [-0.05, 0) is 6.92 Å². The maximum Gasteiger partial charge on any atom is 0.217 e. The van der Waals surface area contributed by atoms with Crippen LogP contribution in [0.2, 0.25) is 0 Å². The molecule has 11 rings (SSSR count). The molecule has 136 heavy (non-hydrogen) atoms. The summed E-state index contributed by atoms with van der Waals surface area (Å²) in [6, 6.07) is -9.77. The average molecular weight is 1990 g/mol. The number of aliphatic hydroxyl groups excluding tert-OH is 29. The lowest BCUT2D eigenvalue weighted by Gasteiger charge is -2.52. The van der Waals surface area contributed by atoms with Gasteiger partial charge in [-0.25, -0.2) is 0 Å². The molecule has 0 aliphatic carbocycles. The monoisotopic (exact) mass is 1990 g/mol. The van der Waals surface area contributed by atoms with Crippen LogP contribution < -0.4 is 26.6 Å². The molecule has 0 unspecified atom stereocenters. The molecule has 0 aromatic rings. The first kappa shape index (κ1) is 112. The van der Waals surface area contributed by atoms with Crippen molar-refractivity contribution >= 4 is 29.5 Å². The molecule has 11 fully saturated rings. The molecular weight excluding hydrogens is 1860 g/mol. The van der Waals surface area contributed by atoms with E-state index in [1.165, 1.54) is 6.92 Å². The minimum atomic E-state index is -2.74. The fourth-order valence-electron chi connectivity index (χ4n) is 17.8. The SMILES string of the molecule is CC(=O)N[C@@H]1[C@@H](O)[C@H](O[C@@H]2O[C@H](CO)[C@@H](O[C@@H]3O[C@H](CO[C@H]4O[C@H](CO)[C@@H](O)[C@H](O)[C@@H]4O[C@@H]4O[C@H](CO)[C@@H](O[C@@H]5O[C@H](CO)[C@H](O)[C@H](O)[C@H]5O)[C@H](O)[C@H]4NC(C)=O)[C@@H](O)[C@H](O[C@H]4O[C@H](CO)[C@@H](O[C@@H]5O[C@H](CO)[C@@H](O)[C@H](O)[C@H]5NC(C)=O)[C@H](O)[C@@H]4O[C@@H]4O[C@H](CO)[C@@H](O[C@@H]5O[C@H](CO)[C@H](O)[C@H](O)[C@H]5O[C@@H]5O[C@@H](C)[C@@H](O)[C@@H](O)[C@@H]5O)[C@H](O)[C@H]4NC(C)=O)[C@@H]3O)[C@H](O)[C@H]2NC(C)=O)[C@@H](CO)O[C@H]1O. The molecule has 60 heteroatoms. The van der Waals surface area contributed by atoms with E-state index in [0.29, 0.717) is 0 Å². The van der Waals surface area contributed by atoms with Gasteiger partial charge < -0.3 is 274 Å². The zero-order chi connectivity index (χ0) is 100. The average Bonchev–Trinajstić information content (AvgIpc) is 0.769. The highest BCUT2D eigenvalue weighted by Crippen LogP contribution is 2.43. The third kappa shape index (κ3) is 24.6. The zero-order valence-corrected chi connectivity index (χ0v) is 73.4. The van der Waals surface area contributed by atoms with Gasteiger partial charge in [-0.1, -0.05) is 0 Å². The van der Waals surface area contributed by atoms with Crippen molar-refractivity contribution in [3.05, 3.63) is 0 Å². The van der Waals surface area contributed by atoms with E-state index in [9.17, 15) is 172 Å². The van der Waals surface area contributed by atoms with Gasteiger partial charge in [0.15, 0.2) is 69.2 Å². The second-order valence-corrected chi connectivity index (χ2v) is 34.5. The summed E-state index contributed by atoms with van der Waals surface area (Å²) < 4.78 is 127. The van der Waals surface area contributed by atoms with Crippen LogP contribution in [0, 0.1) is 0 Å². The van der Waals surface area contributed by atoms with Crippen molar-refractivity contribution in [1.29, 1.82) is 0 Å². The van der Waals surface area contributed by atoms with E-state index in [1.807, 2.05) is 0 Å². The molecule has 0 radical (unpaired) electrons. The van der Waals surface area contributed by atoms with Gasteiger partial charge in [-0.15, -0.1) is 0 Å². The van der Waals surface area contributed by atoms with E-state index in [4.69, 9.17) is 99.5 Å². The summed E-state index contributed by atoms with van der Waals surface area (Å²) in [5, 5.41) is 340. The molecule has 786 valence electrons. The molecule has 11 saturated heterocycles. The van der Waals surface area contributed by atoms with E-state index in [-0.39, 0.29) is 0 Å². The van der Waals surface area contributed by atoms with Gasteiger partial charge in [0.25, 0.3) is 0 Å². The Balaban J connectivity index is 0.978. The number of amides is 5. The Morgan fingerprint density at radius 3 is 0.846 bits per heavy atom. The molecule has 55 atom stereocenters. The molecule has 0 aromatic carbocycles. The summed E-state index contributed by atoms with van der Waals surface area (Å²) in [4.78, 5) is 64.9. The summed E-state index contributed by atoms with van der Waals surface area (Å²) in [5.74, 6) is -4.81. The number of aliphatic hydroxyl groups is 29. The molecule has 0 saturated carbocycles. The van der Waals surface area contributed by atoms with Crippen LogP contribution in [0.25, 0.3) is 0 Å². The molecule has 5 amide bonds.